The number of aryl methyl sites for hydroxylation is 1. The second kappa shape index (κ2) is 6.29. The number of nitrogen functional groups attached to an aromatic ring is 1. The molecule has 3 rings (SSSR count). The maximum absolute atomic E-state index is 12.1. The highest BCUT2D eigenvalue weighted by molar-refractivity contribution is 7.12. The van der Waals surface area contributed by atoms with Crippen LogP contribution < -0.4 is 11.1 Å². The van der Waals surface area contributed by atoms with Gasteiger partial charge >= 0.3 is 0 Å². The molecule has 0 bridgehead atoms. The lowest BCUT2D eigenvalue weighted by atomic mass is 9.87. The molecule has 1 unspecified atom stereocenters. The first kappa shape index (κ1) is 14.9. The fourth-order valence-corrected chi connectivity index (χ4v) is 3.25. The van der Waals surface area contributed by atoms with Crippen molar-refractivity contribution < 1.29 is 4.79 Å². The molecule has 20 heavy (non-hydrogen) atoms. The monoisotopic (exact) mass is 308 g/mol. The highest BCUT2D eigenvalue weighted by atomic mass is 35.5. The van der Waals surface area contributed by atoms with E-state index in [1.807, 2.05) is 35.7 Å². The molecule has 5 heteroatoms. The summed E-state index contributed by atoms with van der Waals surface area (Å²) in [6.07, 6.45) is 3.13. The van der Waals surface area contributed by atoms with Crippen LogP contribution >= 0.6 is 23.7 Å². The van der Waals surface area contributed by atoms with Gasteiger partial charge in [-0.3, -0.25) is 4.79 Å². The molecule has 1 aliphatic rings. The fraction of sp³-hybridized carbons (Fsp3) is 0.267. The Kier molecular flexibility index (Phi) is 4.68. The number of halogens is 1. The molecular formula is C15H17ClN2OS. The molecule has 1 heterocycles. The van der Waals surface area contributed by atoms with E-state index in [1.54, 1.807) is 0 Å². The van der Waals surface area contributed by atoms with Crippen molar-refractivity contribution in [3.8, 4) is 0 Å². The number of amides is 1. The van der Waals surface area contributed by atoms with E-state index in [4.69, 9.17) is 5.73 Å². The molecule has 0 saturated heterocycles. The first-order valence-corrected chi connectivity index (χ1v) is 7.34. The van der Waals surface area contributed by atoms with Gasteiger partial charge in [-0.1, -0.05) is 12.1 Å². The molecule has 0 fully saturated rings. The van der Waals surface area contributed by atoms with Gasteiger partial charge in [0.25, 0.3) is 5.91 Å². The van der Waals surface area contributed by atoms with Gasteiger partial charge < -0.3 is 11.1 Å². The molecule has 106 valence electrons. The molecule has 1 aromatic carbocycles. The van der Waals surface area contributed by atoms with Crippen molar-refractivity contribution in [2.75, 3.05) is 5.73 Å². The van der Waals surface area contributed by atoms with Crippen LogP contribution in [0.3, 0.4) is 0 Å². The maximum atomic E-state index is 12.1. The Morgan fingerprint density at radius 1 is 1.35 bits per heavy atom. The summed E-state index contributed by atoms with van der Waals surface area (Å²) in [6, 6.07) is 9.84. The average molecular weight is 309 g/mol. The van der Waals surface area contributed by atoms with E-state index >= 15 is 0 Å². The normalized spacial score (nSPS) is 16.9. The predicted octanol–water partition coefficient (Wildman–Crippen LogP) is 3.56. The van der Waals surface area contributed by atoms with Crippen molar-refractivity contribution in [2.24, 2.45) is 0 Å². The number of rotatable bonds is 2. The Labute approximate surface area is 128 Å². The van der Waals surface area contributed by atoms with E-state index in [0.29, 0.717) is 0 Å². The van der Waals surface area contributed by atoms with Crippen molar-refractivity contribution in [3.05, 3.63) is 51.7 Å². The van der Waals surface area contributed by atoms with Gasteiger partial charge in [0.15, 0.2) is 0 Å². The molecule has 1 aliphatic carbocycles. The zero-order valence-corrected chi connectivity index (χ0v) is 12.6. The van der Waals surface area contributed by atoms with Gasteiger partial charge in [-0.05, 0) is 54.0 Å². The number of carbonyl (C=O) groups is 1. The van der Waals surface area contributed by atoms with E-state index in [2.05, 4.69) is 5.32 Å². The van der Waals surface area contributed by atoms with Gasteiger partial charge in [0.05, 0.1) is 10.9 Å². The third kappa shape index (κ3) is 2.97. The van der Waals surface area contributed by atoms with Crippen molar-refractivity contribution >= 4 is 35.3 Å². The predicted molar refractivity (Wildman–Crippen MR) is 85.6 cm³/mol. The van der Waals surface area contributed by atoms with Gasteiger partial charge in [0.2, 0.25) is 0 Å². The van der Waals surface area contributed by atoms with E-state index in [0.717, 1.165) is 29.8 Å². The van der Waals surface area contributed by atoms with Crippen LogP contribution in [-0.2, 0) is 6.42 Å². The number of carbonyl (C=O) groups excluding carboxylic acids is 1. The lowest BCUT2D eigenvalue weighted by Crippen LogP contribution is -2.30. The Bertz CT molecular complexity index is 598. The van der Waals surface area contributed by atoms with Gasteiger partial charge in [-0.25, -0.2) is 0 Å². The van der Waals surface area contributed by atoms with Crippen LogP contribution in [0.4, 0.5) is 5.69 Å². The summed E-state index contributed by atoms with van der Waals surface area (Å²) in [5, 5.41) is 5.05. The van der Waals surface area contributed by atoms with Crippen LogP contribution in [0.1, 0.15) is 39.7 Å². The Morgan fingerprint density at radius 3 is 2.95 bits per heavy atom. The highest BCUT2D eigenvalue weighted by Crippen LogP contribution is 2.31. The third-order valence-corrected chi connectivity index (χ3v) is 4.40. The van der Waals surface area contributed by atoms with Crippen molar-refractivity contribution in [3.63, 3.8) is 0 Å². The Morgan fingerprint density at radius 2 is 2.20 bits per heavy atom. The summed E-state index contributed by atoms with van der Waals surface area (Å²) in [7, 11) is 0. The number of hydrogen-bond donors (Lipinski definition) is 2. The zero-order valence-electron chi connectivity index (χ0n) is 11.0. The second-order valence-corrected chi connectivity index (χ2v) is 5.80. The molecule has 0 radical (unpaired) electrons. The molecule has 1 aromatic heterocycles. The first-order valence-electron chi connectivity index (χ1n) is 6.47. The summed E-state index contributed by atoms with van der Waals surface area (Å²) in [4.78, 5) is 12.9. The minimum atomic E-state index is 0. The number of nitrogens with two attached hydrogens (primary N) is 1. The van der Waals surface area contributed by atoms with Crippen LogP contribution in [0.5, 0.6) is 0 Å². The van der Waals surface area contributed by atoms with Gasteiger partial charge in [-0.15, -0.1) is 23.7 Å². The quantitative estimate of drug-likeness (QED) is 0.833. The minimum Gasteiger partial charge on any atom is -0.399 e. The van der Waals surface area contributed by atoms with Crippen LogP contribution in [0.2, 0.25) is 0 Å². The van der Waals surface area contributed by atoms with Gasteiger partial charge in [-0.2, -0.15) is 0 Å². The largest absolute Gasteiger partial charge is 0.399 e. The lowest BCUT2D eigenvalue weighted by molar-refractivity contribution is 0.0937. The number of anilines is 1. The van der Waals surface area contributed by atoms with E-state index < -0.39 is 0 Å². The smallest absolute Gasteiger partial charge is 0.261 e. The maximum Gasteiger partial charge on any atom is 0.261 e. The van der Waals surface area contributed by atoms with Crippen LogP contribution in [0.15, 0.2) is 35.7 Å². The second-order valence-electron chi connectivity index (χ2n) is 4.85. The van der Waals surface area contributed by atoms with Crippen LogP contribution in [0.25, 0.3) is 0 Å². The van der Waals surface area contributed by atoms with Gasteiger partial charge in [0.1, 0.15) is 0 Å². The SMILES string of the molecule is Cl.Nc1ccc2c(c1)CCCC2NC(=O)c1cccs1. The molecule has 0 saturated carbocycles. The van der Waals surface area contributed by atoms with Gasteiger partial charge in [0, 0.05) is 5.69 Å². The number of hydrogen-bond acceptors (Lipinski definition) is 3. The Balaban J connectivity index is 0.00000147. The van der Waals surface area contributed by atoms with Crippen molar-refractivity contribution in [2.45, 2.75) is 25.3 Å². The molecular weight excluding hydrogens is 292 g/mol. The third-order valence-electron chi connectivity index (χ3n) is 3.53. The zero-order chi connectivity index (χ0) is 13.2. The Hall–Kier alpha value is -1.52. The summed E-state index contributed by atoms with van der Waals surface area (Å²) in [5.41, 5.74) is 9.10. The molecule has 3 N–H and O–H groups in total. The molecule has 1 atom stereocenters. The number of fused-ring (bicyclic) bond motifs is 1. The average Bonchev–Trinajstić information content (AvgIpc) is 2.92. The number of benzene rings is 1. The topological polar surface area (TPSA) is 55.1 Å². The molecule has 2 aromatic rings. The summed E-state index contributed by atoms with van der Waals surface area (Å²) in [6.45, 7) is 0. The van der Waals surface area contributed by atoms with E-state index in [9.17, 15) is 4.79 Å². The number of nitrogens with one attached hydrogen (secondary N) is 1. The van der Waals surface area contributed by atoms with Crippen molar-refractivity contribution in [1.82, 2.24) is 5.32 Å². The van der Waals surface area contributed by atoms with E-state index in [-0.39, 0.29) is 24.4 Å². The highest BCUT2D eigenvalue weighted by Gasteiger charge is 2.22. The standard InChI is InChI=1S/C15H16N2OS.ClH/c16-11-6-7-12-10(9-11)3-1-4-13(12)17-15(18)14-5-2-8-19-14;/h2,5-9,13H,1,3-4,16H2,(H,17,18);1H. The minimum absolute atomic E-state index is 0. The van der Waals surface area contributed by atoms with Crippen LogP contribution in [-0.4, -0.2) is 5.91 Å². The lowest BCUT2D eigenvalue weighted by Gasteiger charge is -2.26. The van der Waals surface area contributed by atoms with Crippen molar-refractivity contribution in [1.29, 1.82) is 0 Å². The molecule has 3 nitrogen and oxygen atoms in total. The summed E-state index contributed by atoms with van der Waals surface area (Å²) in [5.74, 6) is 0.0182. The summed E-state index contributed by atoms with van der Waals surface area (Å²) < 4.78 is 0. The fourth-order valence-electron chi connectivity index (χ4n) is 2.62. The van der Waals surface area contributed by atoms with E-state index in [1.165, 1.54) is 22.5 Å². The number of thiophene rings is 1. The molecule has 1 amide bonds. The summed E-state index contributed by atoms with van der Waals surface area (Å²) >= 11 is 1.47. The first-order chi connectivity index (χ1) is 9.24. The molecule has 0 spiro atoms. The van der Waals surface area contributed by atoms with Crippen LogP contribution in [0, 0.1) is 0 Å². The molecule has 0 aliphatic heterocycles.